The SMILES string of the molecule is O=C(O)C[C@@H](NC(=O)OCc1cccc2c1Cc1ccccc1-2)C(=O)O. The number of hydrogen-bond donors (Lipinski definition) is 3. The van der Waals surface area contributed by atoms with Crippen molar-refractivity contribution >= 4 is 18.0 Å². The smallest absolute Gasteiger partial charge is 0.408 e. The molecule has 1 amide bonds. The molecular formula is C19H17NO6. The van der Waals surface area contributed by atoms with Gasteiger partial charge in [0.15, 0.2) is 0 Å². The maximum atomic E-state index is 11.8. The number of hydrogen-bond acceptors (Lipinski definition) is 4. The van der Waals surface area contributed by atoms with Crippen LogP contribution in [0.2, 0.25) is 0 Å². The summed E-state index contributed by atoms with van der Waals surface area (Å²) in [6.07, 6.45) is -0.948. The average molecular weight is 355 g/mol. The van der Waals surface area contributed by atoms with Crippen LogP contribution in [0.3, 0.4) is 0 Å². The summed E-state index contributed by atoms with van der Waals surface area (Å²) in [6.45, 7) is -0.0254. The van der Waals surface area contributed by atoms with Crippen molar-refractivity contribution in [2.45, 2.75) is 25.5 Å². The summed E-state index contributed by atoms with van der Waals surface area (Å²) < 4.78 is 5.11. The van der Waals surface area contributed by atoms with Gasteiger partial charge in [0, 0.05) is 0 Å². The van der Waals surface area contributed by atoms with E-state index in [2.05, 4.69) is 11.4 Å². The largest absolute Gasteiger partial charge is 0.481 e. The minimum absolute atomic E-state index is 0.0254. The number of alkyl carbamates (subject to hydrolysis) is 1. The molecule has 0 aromatic heterocycles. The zero-order valence-corrected chi connectivity index (χ0v) is 13.8. The summed E-state index contributed by atoms with van der Waals surface area (Å²) in [5, 5.41) is 19.7. The third kappa shape index (κ3) is 3.66. The number of amides is 1. The first-order valence-corrected chi connectivity index (χ1v) is 8.02. The number of carboxylic acids is 2. The Kier molecular flexibility index (Phi) is 4.88. The molecule has 3 N–H and O–H groups in total. The fourth-order valence-corrected chi connectivity index (χ4v) is 3.06. The van der Waals surface area contributed by atoms with Gasteiger partial charge in [-0.3, -0.25) is 4.79 Å². The Hall–Kier alpha value is -3.35. The van der Waals surface area contributed by atoms with Gasteiger partial charge in [-0.1, -0.05) is 42.5 Å². The number of carbonyl (C=O) groups excluding carboxylic acids is 1. The van der Waals surface area contributed by atoms with E-state index in [1.165, 1.54) is 5.56 Å². The number of carbonyl (C=O) groups is 3. The van der Waals surface area contributed by atoms with Crippen LogP contribution in [0.4, 0.5) is 4.79 Å². The van der Waals surface area contributed by atoms with Gasteiger partial charge in [-0.25, -0.2) is 9.59 Å². The first kappa shape index (κ1) is 17.5. The zero-order valence-electron chi connectivity index (χ0n) is 13.8. The molecule has 2 aromatic carbocycles. The van der Waals surface area contributed by atoms with Crippen LogP contribution in [-0.2, 0) is 27.4 Å². The van der Waals surface area contributed by atoms with E-state index in [1.807, 2.05) is 36.4 Å². The number of nitrogens with one attached hydrogen (secondary N) is 1. The topological polar surface area (TPSA) is 113 Å². The molecular weight excluding hydrogens is 338 g/mol. The maximum absolute atomic E-state index is 11.8. The molecule has 0 heterocycles. The van der Waals surface area contributed by atoms with Gasteiger partial charge in [0.1, 0.15) is 12.6 Å². The molecule has 134 valence electrons. The molecule has 1 aliphatic rings. The Bertz CT molecular complexity index is 876. The molecule has 2 aromatic rings. The van der Waals surface area contributed by atoms with Crippen LogP contribution in [0.5, 0.6) is 0 Å². The Labute approximate surface area is 149 Å². The molecule has 0 saturated heterocycles. The Morgan fingerprint density at radius 1 is 1.04 bits per heavy atom. The number of rotatable bonds is 6. The zero-order chi connectivity index (χ0) is 18.7. The van der Waals surface area contributed by atoms with Gasteiger partial charge in [-0.05, 0) is 34.2 Å². The summed E-state index contributed by atoms with van der Waals surface area (Å²) in [5.74, 6) is -2.75. The van der Waals surface area contributed by atoms with Crippen molar-refractivity contribution < 1.29 is 29.3 Å². The highest BCUT2D eigenvalue weighted by Crippen LogP contribution is 2.38. The summed E-state index contributed by atoms with van der Waals surface area (Å²) >= 11 is 0. The monoisotopic (exact) mass is 355 g/mol. The van der Waals surface area contributed by atoms with Crippen molar-refractivity contribution in [1.82, 2.24) is 5.32 Å². The molecule has 1 atom stereocenters. The lowest BCUT2D eigenvalue weighted by atomic mass is 10.0. The van der Waals surface area contributed by atoms with Crippen LogP contribution in [-0.4, -0.2) is 34.3 Å². The van der Waals surface area contributed by atoms with Gasteiger partial charge in [-0.15, -0.1) is 0 Å². The Morgan fingerprint density at radius 2 is 1.77 bits per heavy atom. The van der Waals surface area contributed by atoms with E-state index >= 15 is 0 Å². The van der Waals surface area contributed by atoms with E-state index in [-0.39, 0.29) is 6.61 Å². The van der Waals surface area contributed by atoms with Crippen molar-refractivity contribution in [2.24, 2.45) is 0 Å². The lowest BCUT2D eigenvalue weighted by Crippen LogP contribution is -2.42. The van der Waals surface area contributed by atoms with Gasteiger partial charge in [0.2, 0.25) is 0 Å². The molecule has 0 spiro atoms. The number of benzene rings is 2. The molecule has 0 saturated carbocycles. The van der Waals surface area contributed by atoms with Crippen LogP contribution < -0.4 is 5.32 Å². The number of aliphatic carboxylic acids is 2. The fraction of sp³-hybridized carbons (Fsp3) is 0.211. The maximum Gasteiger partial charge on any atom is 0.408 e. The quantitative estimate of drug-likeness (QED) is 0.626. The van der Waals surface area contributed by atoms with Gasteiger partial charge in [-0.2, -0.15) is 0 Å². The van der Waals surface area contributed by atoms with Crippen molar-refractivity contribution in [3.8, 4) is 11.1 Å². The average Bonchev–Trinajstić information content (AvgIpc) is 2.98. The minimum Gasteiger partial charge on any atom is -0.481 e. The second-order valence-corrected chi connectivity index (χ2v) is 5.99. The molecule has 26 heavy (non-hydrogen) atoms. The van der Waals surface area contributed by atoms with Crippen LogP contribution in [0.1, 0.15) is 23.1 Å². The molecule has 3 rings (SSSR count). The molecule has 0 radical (unpaired) electrons. The van der Waals surface area contributed by atoms with E-state index < -0.39 is 30.5 Å². The van der Waals surface area contributed by atoms with Gasteiger partial charge in [0.25, 0.3) is 0 Å². The summed E-state index contributed by atoms with van der Waals surface area (Å²) in [6, 6.07) is 12.2. The van der Waals surface area contributed by atoms with Gasteiger partial charge in [0.05, 0.1) is 6.42 Å². The van der Waals surface area contributed by atoms with Crippen molar-refractivity contribution in [1.29, 1.82) is 0 Å². The molecule has 7 heteroatoms. The summed E-state index contributed by atoms with van der Waals surface area (Å²) in [4.78, 5) is 33.5. The van der Waals surface area contributed by atoms with E-state index in [1.54, 1.807) is 0 Å². The van der Waals surface area contributed by atoms with E-state index in [4.69, 9.17) is 14.9 Å². The van der Waals surface area contributed by atoms with E-state index in [9.17, 15) is 14.4 Å². The van der Waals surface area contributed by atoms with Crippen molar-refractivity contribution in [3.05, 3.63) is 59.2 Å². The summed E-state index contributed by atoms with van der Waals surface area (Å²) in [7, 11) is 0. The normalized spacial score (nSPS) is 12.6. The molecule has 0 aliphatic heterocycles. The molecule has 0 fully saturated rings. The predicted molar refractivity (Wildman–Crippen MR) is 91.7 cm³/mol. The van der Waals surface area contributed by atoms with Gasteiger partial charge >= 0.3 is 18.0 Å². The first-order chi connectivity index (χ1) is 12.5. The first-order valence-electron chi connectivity index (χ1n) is 8.02. The Morgan fingerprint density at radius 3 is 2.50 bits per heavy atom. The van der Waals surface area contributed by atoms with E-state index in [0.717, 1.165) is 28.7 Å². The van der Waals surface area contributed by atoms with Crippen LogP contribution in [0.25, 0.3) is 11.1 Å². The molecule has 0 unspecified atom stereocenters. The summed E-state index contributed by atoms with van der Waals surface area (Å²) in [5.41, 5.74) is 5.35. The highest BCUT2D eigenvalue weighted by atomic mass is 16.5. The van der Waals surface area contributed by atoms with Crippen molar-refractivity contribution in [2.75, 3.05) is 0 Å². The molecule has 7 nitrogen and oxygen atoms in total. The highest BCUT2D eigenvalue weighted by molar-refractivity contribution is 5.84. The number of carboxylic acid groups (broad SMARTS) is 2. The second kappa shape index (κ2) is 7.26. The van der Waals surface area contributed by atoms with Crippen molar-refractivity contribution in [3.63, 3.8) is 0 Å². The number of fused-ring (bicyclic) bond motifs is 3. The number of ether oxygens (including phenoxy) is 1. The predicted octanol–water partition coefficient (Wildman–Crippen LogP) is 2.41. The third-order valence-corrected chi connectivity index (χ3v) is 4.28. The lowest BCUT2D eigenvalue weighted by Gasteiger charge is -2.14. The standard InChI is InChI=1S/C19H17NO6/c21-17(22)9-16(18(23)24)20-19(25)26-10-12-5-3-7-14-13-6-2-1-4-11(13)8-15(12)14/h1-7,16H,8-10H2,(H,20,25)(H,21,22)(H,23,24)/t16-/m1/s1. The van der Waals surface area contributed by atoms with Crippen LogP contribution in [0, 0.1) is 0 Å². The van der Waals surface area contributed by atoms with Crippen LogP contribution >= 0.6 is 0 Å². The third-order valence-electron chi connectivity index (χ3n) is 4.28. The minimum atomic E-state index is -1.54. The highest BCUT2D eigenvalue weighted by Gasteiger charge is 2.24. The second-order valence-electron chi connectivity index (χ2n) is 5.99. The molecule has 0 bridgehead atoms. The Balaban J connectivity index is 1.67. The lowest BCUT2D eigenvalue weighted by molar-refractivity contribution is -0.145. The molecule has 1 aliphatic carbocycles. The van der Waals surface area contributed by atoms with E-state index in [0.29, 0.717) is 0 Å². The van der Waals surface area contributed by atoms with Crippen LogP contribution in [0.15, 0.2) is 42.5 Å². The fourth-order valence-electron chi connectivity index (χ4n) is 3.06. The van der Waals surface area contributed by atoms with Gasteiger partial charge < -0.3 is 20.3 Å².